The molecule has 0 aliphatic carbocycles. The fourth-order valence-electron chi connectivity index (χ4n) is 2.66. The van der Waals surface area contributed by atoms with Crippen molar-refractivity contribution in [2.24, 2.45) is 0 Å². The van der Waals surface area contributed by atoms with Crippen LogP contribution in [0.3, 0.4) is 0 Å². The van der Waals surface area contributed by atoms with Crippen LogP contribution in [-0.4, -0.2) is 52.1 Å². The number of benzene rings is 1. The highest BCUT2D eigenvalue weighted by Crippen LogP contribution is 2.21. The Morgan fingerprint density at radius 1 is 1.39 bits per heavy atom. The van der Waals surface area contributed by atoms with Gasteiger partial charge in [-0.15, -0.1) is 0 Å². The molecule has 1 aromatic heterocycles. The molecule has 1 aromatic carbocycles. The zero-order chi connectivity index (χ0) is 16.2. The molecule has 0 saturated carbocycles. The molecule has 3 rings (SSSR count). The molecule has 0 unspecified atom stereocenters. The lowest BCUT2D eigenvalue weighted by molar-refractivity contribution is 0.0204. The van der Waals surface area contributed by atoms with Crippen molar-refractivity contribution in [3.8, 4) is 11.8 Å². The Kier molecular flexibility index (Phi) is 4.60. The maximum Gasteiger partial charge on any atom is 0.119 e. The smallest absolute Gasteiger partial charge is 0.119 e. The van der Waals surface area contributed by atoms with E-state index < -0.39 is 6.10 Å². The topological polar surface area (TPSA) is 74.3 Å². The minimum atomic E-state index is -0.536. The molecule has 120 valence electrons. The van der Waals surface area contributed by atoms with Gasteiger partial charge in [0.05, 0.1) is 23.9 Å². The maximum absolute atomic E-state index is 10.1. The van der Waals surface area contributed by atoms with Crippen molar-refractivity contribution < 1.29 is 9.84 Å². The number of rotatable bonds is 6. The highest BCUT2D eigenvalue weighted by atomic mass is 16.5. The van der Waals surface area contributed by atoms with Gasteiger partial charge in [-0.1, -0.05) is 0 Å². The van der Waals surface area contributed by atoms with E-state index in [0.717, 1.165) is 13.1 Å². The Morgan fingerprint density at radius 2 is 2.13 bits per heavy atom. The van der Waals surface area contributed by atoms with E-state index in [4.69, 9.17) is 10.00 Å². The second kappa shape index (κ2) is 6.82. The summed E-state index contributed by atoms with van der Waals surface area (Å²) >= 11 is 0. The Labute approximate surface area is 135 Å². The van der Waals surface area contributed by atoms with Crippen LogP contribution in [0.5, 0.6) is 5.75 Å². The molecular formula is C17H20N4O2. The molecule has 1 fully saturated rings. The van der Waals surface area contributed by atoms with Crippen LogP contribution in [0.2, 0.25) is 0 Å². The molecule has 0 spiro atoms. The highest BCUT2D eigenvalue weighted by molar-refractivity contribution is 5.34. The number of likely N-dealkylation sites (tertiary alicyclic amines) is 1. The van der Waals surface area contributed by atoms with Crippen LogP contribution < -0.4 is 4.74 Å². The van der Waals surface area contributed by atoms with E-state index in [2.05, 4.69) is 16.1 Å². The lowest BCUT2D eigenvalue weighted by Gasteiger charge is -2.40. The monoisotopic (exact) mass is 312 g/mol. The SMILES string of the molecule is Cc1cnn(C2CN(C[C@@H](O)COc3ccc(C#N)cc3)C2)c1. The lowest BCUT2D eigenvalue weighted by Crippen LogP contribution is -2.51. The van der Waals surface area contributed by atoms with Gasteiger partial charge in [0.25, 0.3) is 0 Å². The molecule has 23 heavy (non-hydrogen) atoms. The molecule has 0 amide bonds. The van der Waals surface area contributed by atoms with Gasteiger partial charge in [0, 0.05) is 25.8 Å². The summed E-state index contributed by atoms with van der Waals surface area (Å²) in [5.41, 5.74) is 1.76. The van der Waals surface area contributed by atoms with E-state index in [1.807, 2.05) is 24.0 Å². The van der Waals surface area contributed by atoms with Gasteiger partial charge in [-0.05, 0) is 36.8 Å². The van der Waals surface area contributed by atoms with Crippen LogP contribution in [0.1, 0.15) is 17.2 Å². The van der Waals surface area contributed by atoms with Crippen LogP contribution in [0.4, 0.5) is 0 Å². The fraction of sp³-hybridized carbons (Fsp3) is 0.412. The minimum Gasteiger partial charge on any atom is -0.491 e. The first-order chi connectivity index (χ1) is 11.1. The van der Waals surface area contributed by atoms with Crippen LogP contribution in [-0.2, 0) is 0 Å². The van der Waals surface area contributed by atoms with Crippen molar-refractivity contribution in [3.05, 3.63) is 47.8 Å². The lowest BCUT2D eigenvalue weighted by atomic mass is 10.1. The Balaban J connectivity index is 1.39. The zero-order valence-corrected chi connectivity index (χ0v) is 13.1. The van der Waals surface area contributed by atoms with Crippen molar-refractivity contribution >= 4 is 0 Å². The third-order valence-electron chi connectivity index (χ3n) is 3.94. The summed E-state index contributed by atoms with van der Waals surface area (Å²) in [6.07, 6.45) is 3.38. The van der Waals surface area contributed by atoms with Gasteiger partial charge < -0.3 is 9.84 Å². The summed E-state index contributed by atoms with van der Waals surface area (Å²) in [5, 5.41) is 23.1. The van der Waals surface area contributed by atoms with Crippen LogP contribution >= 0.6 is 0 Å². The molecular weight excluding hydrogens is 292 g/mol. The Bertz CT molecular complexity index is 683. The van der Waals surface area contributed by atoms with Gasteiger partial charge >= 0.3 is 0 Å². The number of nitrogens with zero attached hydrogens (tertiary/aromatic N) is 4. The molecule has 1 aliphatic heterocycles. The maximum atomic E-state index is 10.1. The second-order valence-electron chi connectivity index (χ2n) is 5.97. The van der Waals surface area contributed by atoms with E-state index in [-0.39, 0.29) is 6.61 Å². The summed E-state index contributed by atoms with van der Waals surface area (Å²) in [6, 6.07) is 9.35. The standard InChI is InChI=1S/C17H20N4O2/c1-13-7-19-21(8-13)15-9-20(10-15)11-16(22)12-23-17-4-2-14(6-18)3-5-17/h2-5,7-8,15-16,22H,9-12H2,1H3/t16-/m1/s1. The van der Waals surface area contributed by atoms with Gasteiger partial charge in [-0.2, -0.15) is 10.4 Å². The van der Waals surface area contributed by atoms with Crippen LogP contribution in [0, 0.1) is 18.3 Å². The molecule has 2 heterocycles. The number of aryl methyl sites for hydroxylation is 1. The van der Waals surface area contributed by atoms with Crippen LogP contribution in [0.25, 0.3) is 0 Å². The van der Waals surface area contributed by atoms with Crippen molar-refractivity contribution in [3.63, 3.8) is 0 Å². The third-order valence-corrected chi connectivity index (χ3v) is 3.94. The minimum absolute atomic E-state index is 0.244. The van der Waals surface area contributed by atoms with E-state index >= 15 is 0 Å². The number of aliphatic hydroxyl groups excluding tert-OH is 1. The molecule has 0 bridgehead atoms. The van der Waals surface area contributed by atoms with Gasteiger partial charge in [0.2, 0.25) is 0 Å². The normalized spacial score (nSPS) is 16.6. The van der Waals surface area contributed by atoms with E-state index in [1.165, 1.54) is 5.56 Å². The summed E-state index contributed by atoms with van der Waals surface area (Å²) in [6.45, 7) is 4.66. The quantitative estimate of drug-likeness (QED) is 0.872. The van der Waals surface area contributed by atoms with Gasteiger partial charge in [-0.3, -0.25) is 9.58 Å². The first-order valence-corrected chi connectivity index (χ1v) is 7.68. The Morgan fingerprint density at radius 3 is 2.74 bits per heavy atom. The number of aliphatic hydroxyl groups is 1. The van der Waals surface area contributed by atoms with Gasteiger partial charge in [-0.25, -0.2) is 0 Å². The highest BCUT2D eigenvalue weighted by Gasteiger charge is 2.29. The number of aromatic nitrogens is 2. The van der Waals surface area contributed by atoms with Gasteiger partial charge in [0.1, 0.15) is 18.5 Å². The number of hydrogen-bond acceptors (Lipinski definition) is 5. The average molecular weight is 312 g/mol. The first-order valence-electron chi connectivity index (χ1n) is 7.68. The first kappa shape index (κ1) is 15.5. The van der Waals surface area contributed by atoms with E-state index in [1.54, 1.807) is 24.3 Å². The van der Waals surface area contributed by atoms with Gasteiger partial charge in [0.15, 0.2) is 0 Å². The fourth-order valence-corrected chi connectivity index (χ4v) is 2.66. The summed E-state index contributed by atoms with van der Waals surface area (Å²) in [4.78, 5) is 2.19. The molecule has 1 aliphatic rings. The van der Waals surface area contributed by atoms with Crippen molar-refractivity contribution in [1.82, 2.24) is 14.7 Å². The molecule has 6 heteroatoms. The number of β-amino-alcohol motifs (C(OH)–C–C–N with tert-alkyl or cyclic N) is 1. The molecule has 1 saturated heterocycles. The predicted octanol–water partition coefficient (Wildman–Crippen LogP) is 1.36. The number of nitriles is 1. The van der Waals surface area contributed by atoms with Crippen molar-refractivity contribution in [2.75, 3.05) is 26.2 Å². The number of ether oxygens (including phenoxy) is 1. The molecule has 1 N–H and O–H groups in total. The van der Waals surface area contributed by atoms with E-state index in [0.29, 0.717) is 23.9 Å². The van der Waals surface area contributed by atoms with E-state index in [9.17, 15) is 5.11 Å². The predicted molar refractivity (Wildman–Crippen MR) is 85.1 cm³/mol. The average Bonchev–Trinajstić information content (AvgIpc) is 2.95. The summed E-state index contributed by atoms with van der Waals surface area (Å²) in [5.74, 6) is 0.663. The number of hydrogen-bond donors (Lipinski definition) is 1. The molecule has 2 aromatic rings. The van der Waals surface area contributed by atoms with Crippen molar-refractivity contribution in [2.45, 2.75) is 19.1 Å². The summed E-state index contributed by atoms with van der Waals surface area (Å²) < 4.78 is 7.54. The molecule has 6 nitrogen and oxygen atoms in total. The molecule has 0 radical (unpaired) electrons. The largest absolute Gasteiger partial charge is 0.491 e. The third kappa shape index (κ3) is 3.89. The Hall–Kier alpha value is -2.36. The molecule has 1 atom stereocenters. The van der Waals surface area contributed by atoms with Crippen LogP contribution in [0.15, 0.2) is 36.7 Å². The summed E-state index contributed by atoms with van der Waals surface area (Å²) in [7, 11) is 0. The second-order valence-corrected chi connectivity index (χ2v) is 5.97. The zero-order valence-electron chi connectivity index (χ0n) is 13.1. The van der Waals surface area contributed by atoms with Crippen molar-refractivity contribution in [1.29, 1.82) is 5.26 Å².